The number of amides is 2. The molecule has 0 aromatic heterocycles. The number of ether oxygens (including phenoxy) is 1. The average molecular weight is 441 g/mol. The summed E-state index contributed by atoms with van der Waals surface area (Å²) < 4.78 is 5.71. The first-order valence-corrected chi connectivity index (χ1v) is 11.1. The monoisotopic (exact) mass is 440 g/mol. The molecule has 0 aliphatic carbocycles. The summed E-state index contributed by atoms with van der Waals surface area (Å²) in [7, 11) is 0. The van der Waals surface area contributed by atoms with Crippen LogP contribution < -0.4 is 15.0 Å². The molecule has 0 fully saturated rings. The SMILES string of the molecule is Cc1ccc(C2=C(Nc3ccc(OC(C)C)cc3)C(=O)N(c3ccc(C)c(C)c3)C2=O)cc1. The van der Waals surface area contributed by atoms with Gasteiger partial charge in [0, 0.05) is 5.69 Å². The van der Waals surface area contributed by atoms with Crippen molar-refractivity contribution < 1.29 is 14.3 Å². The molecule has 0 radical (unpaired) electrons. The van der Waals surface area contributed by atoms with E-state index >= 15 is 0 Å². The lowest BCUT2D eigenvalue weighted by atomic mass is 10.0. The number of hydrogen-bond donors (Lipinski definition) is 1. The van der Waals surface area contributed by atoms with Gasteiger partial charge in [-0.1, -0.05) is 35.9 Å². The highest BCUT2D eigenvalue weighted by Crippen LogP contribution is 2.34. The highest BCUT2D eigenvalue weighted by atomic mass is 16.5. The van der Waals surface area contributed by atoms with Gasteiger partial charge in [-0.15, -0.1) is 0 Å². The van der Waals surface area contributed by atoms with E-state index in [2.05, 4.69) is 5.32 Å². The van der Waals surface area contributed by atoms with E-state index in [-0.39, 0.29) is 23.6 Å². The van der Waals surface area contributed by atoms with Gasteiger partial charge in [0.15, 0.2) is 0 Å². The van der Waals surface area contributed by atoms with Gasteiger partial charge in [-0.3, -0.25) is 9.59 Å². The number of imide groups is 1. The molecule has 2 amide bonds. The standard InChI is InChI=1S/C28H28N2O3/c1-17(2)33-24-14-11-22(12-15-24)29-26-25(21-9-6-18(3)7-10-21)27(31)30(28(26)32)23-13-8-19(4)20(5)16-23/h6-17,29H,1-5H3. The molecule has 33 heavy (non-hydrogen) atoms. The number of benzene rings is 3. The van der Waals surface area contributed by atoms with Gasteiger partial charge in [-0.25, -0.2) is 4.90 Å². The molecule has 0 atom stereocenters. The van der Waals surface area contributed by atoms with Crippen LogP contribution in [0.5, 0.6) is 5.75 Å². The molecule has 1 aliphatic rings. The van der Waals surface area contributed by atoms with Crippen molar-refractivity contribution in [2.24, 2.45) is 0 Å². The number of anilines is 2. The Morgan fingerprint density at radius 2 is 1.45 bits per heavy atom. The number of carbonyl (C=O) groups excluding carboxylic acids is 2. The summed E-state index contributed by atoms with van der Waals surface area (Å²) in [5.41, 5.74) is 5.80. The molecule has 0 saturated heterocycles. The van der Waals surface area contributed by atoms with E-state index in [4.69, 9.17) is 4.74 Å². The molecule has 5 nitrogen and oxygen atoms in total. The second-order valence-corrected chi connectivity index (χ2v) is 8.65. The zero-order chi connectivity index (χ0) is 23.7. The summed E-state index contributed by atoms with van der Waals surface area (Å²) in [6.45, 7) is 9.89. The summed E-state index contributed by atoms with van der Waals surface area (Å²) >= 11 is 0. The third kappa shape index (κ3) is 4.53. The van der Waals surface area contributed by atoms with E-state index in [1.807, 2.05) is 101 Å². The lowest BCUT2D eigenvalue weighted by molar-refractivity contribution is -0.120. The van der Waals surface area contributed by atoms with Crippen LogP contribution >= 0.6 is 0 Å². The molecule has 4 rings (SSSR count). The summed E-state index contributed by atoms with van der Waals surface area (Å²) in [4.78, 5) is 28.4. The fourth-order valence-corrected chi connectivity index (χ4v) is 3.77. The van der Waals surface area contributed by atoms with E-state index in [9.17, 15) is 9.59 Å². The van der Waals surface area contributed by atoms with Crippen molar-refractivity contribution >= 4 is 28.8 Å². The van der Waals surface area contributed by atoms with Crippen molar-refractivity contribution in [1.82, 2.24) is 0 Å². The minimum absolute atomic E-state index is 0.0696. The molecule has 0 bridgehead atoms. The Balaban J connectivity index is 1.75. The zero-order valence-electron chi connectivity index (χ0n) is 19.6. The van der Waals surface area contributed by atoms with Gasteiger partial charge in [0.2, 0.25) is 0 Å². The Labute approximate surface area is 194 Å². The predicted molar refractivity (Wildman–Crippen MR) is 132 cm³/mol. The van der Waals surface area contributed by atoms with Crippen molar-refractivity contribution in [1.29, 1.82) is 0 Å². The Morgan fingerprint density at radius 3 is 2.06 bits per heavy atom. The number of nitrogens with zero attached hydrogens (tertiary/aromatic N) is 1. The molecule has 1 N–H and O–H groups in total. The van der Waals surface area contributed by atoms with Gasteiger partial charge in [0.1, 0.15) is 11.4 Å². The van der Waals surface area contributed by atoms with Crippen LogP contribution in [-0.4, -0.2) is 17.9 Å². The average Bonchev–Trinajstić information content (AvgIpc) is 3.01. The van der Waals surface area contributed by atoms with E-state index in [0.717, 1.165) is 22.4 Å². The van der Waals surface area contributed by atoms with E-state index in [0.29, 0.717) is 22.5 Å². The molecule has 0 unspecified atom stereocenters. The fourth-order valence-electron chi connectivity index (χ4n) is 3.77. The third-order valence-corrected chi connectivity index (χ3v) is 5.67. The first kappa shape index (κ1) is 22.3. The Bertz CT molecular complexity index is 1240. The van der Waals surface area contributed by atoms with Gasteiger partial charge in [0.25, 0.3) is 11.8 Å². The third-order valence-electron chi connectivity index (χ3n) is 5.67. The zero-order valence-corrected chi connectivity index (χ0v) is 19.6. The number of nitrogens with one attached hydrogen (secondary N) is 1. The smallest absolute Gasteiger partial charge is 0.282 e. The lowest BCUT2D eigenvalue weighted by Crippen LogP contribution is -2.32. The van der Waals surface area contributed by atoms with Crippen LogP contribution in [0.25, 0.3) is 5.57 Å². The van der Waals surface area contributed by atoms with Crippen LogP contribution in [0, 0.1) is 20.8 Å². The maximum absolute atomic E-state index is 13.6. The first-order valence-electron chi connectivity index (χ1n) is 11.1. The molecule has 5 heteroatoms. The molecule has 1 aliphatic heterocycles. The van der Waals surface area contributed by atoms with Crippen LogP contribution in [0.2, 0.25) is 0 Å². The van der Waals surface area contributed by atoms with Gasteiger partial charge in [-0.2, -0.15) is 0 Å². The molecular weight excluding hydrogens is 412 g/mol. The van der Waals surface area contributed by atoms with Gasteiger partial charge >= 0.3 is 0 Å². The highest BCUT2D eigenvalue weighted by Gasteiger charge is 2.40. The maximum atomic E-state index is 13.6. The Morgan fingerprint density at radius 1 is 0.788 bits per heavy atom. The minimum atomic E-state index is -0.374. The first-order chi connectivity index (χ1) is 15.7. The highest BCUT2D eigenvalue weighted by molar-refractivity contribution is 6.46. The largest absolute Gasteiger partial charge is 0.491 e. The minimum Gasteiger partial charge on any atom is -0.491 e. The topological polar surface area (TPSA) is 58.6 Å². The molecule has 3 aromatic rings. The molecule has 168 valence electrons. The molecule has 1 heterocycles. The molecule has 0 saturated carbocycles. The van der Waals surface area contributed by atoms with Gasteiger partial charge in [-0.05, 0) is 87.7 Å². The van der Waals surface area contributed by atoms with E-state index in [1.165, 1.54) is 4.90 Å². The summed E-state index contributed by atoms with van der Waals surface area (Å²) in [6, 6.07) is 20.6. The number of aryl methyl sites for hydroxylation is 3. The van der Waals surface area contributed by atoms with Crippen LogP contribution in [0.1, 0.15) is 36.1 Å². The van der Waals surface area contributed by atoms with Gasteiger partial charge < -0.3 is 10.1 Å². The summed E-state index contributed by atoms with van der Waals surface area (Å²) in [5.74, 6) is 0.0320. The molecular formula is C28H28N2O3. The summed E-state index contributed by atoms with van der Waals surface area (Å²) in [6.07, 6.45) is 0.0696. The summed E-state index contributed by atoms with van der Waals surface area (Å²) in [5, 5.41) is 3.20. The van der Waals surface area contributed by atoms with Crippen molar-refractivity contribution in [3.05, 3.63) is 94.7 Å². The predicted octanol–water partition coefficient (Wildman–Crippen LogP) is 5.80. The Hall–Kier alpha value is -3.86. The molecule has 0 spiro atoms. The van der Waals surface area contributed by atoms with E-state index < -0.39 is 0 Å². The number of rotatable bonds is 6. The van der Waals surface area contributed by atoms with Gasteiger partial charge in [0.05, 0.1) is 17.4 Å². The van der Waals surface area contributed by atoms with Crippen LogP contribution in [0.3, 0.4) is 0 Å². The Kier molecular flexibility index (Phi) is 6.05. The number of hydrogen-bond acceptors (Lipinski definition) is 4. The van der Waals surface area contributed by atoms with Crippen molar-refractivity contribution in [3.8, 4) is 5.75 Å². The second kappa shape index (κ2) is 8.94. The van der Waals surface area contributed by atoms with Crippen LogP contribution in [0.15, 0.2) is 72.4 Å². The van der Waals surface area contributed by atoms with Crippen molar-refractivity contribution in [2.75, 3.05) is 10.2 Å². The fraction of sp³-hybridized carbons (Fsp3) is 0.214. The second-order valence-electron chi connectivity index (χ2n) is 8.65. The quantitative estimate of drug-likeness (QED) is 0.493. The van der Waals surface area contributed by atoms with E-state index in [1.54, 1.807) is 0 Å². The number of carbonyl (C=O) groups is 2. The van der Waals surface area contributed by atoms with Crippen molar-refractivity contribution in [3.63, 3.8) is 0 Å². The normalized spacial score (nSPS) is 13.8. The van der Waals surface area contributed by atoms with Crippen LogP contribution in [0.4, 0.5) is 11.4 Å². The maximum Gasteiger partial charge on any atom is 0.282 e. The van der Waals surface area contributed by atoms with Crippen LogP contribution in [-0.2, 0) is 9.59 Å². The lowest BCUT2D eigenvalue weighted by Gasteiger charge is -2.17. The molecule has 3 aromatic carbocycles. The van der Waals surface area contributed by atoms with Crippen molar-refractivity contribution in [2.45, 2.75) is 40.7 Å².